The maximum atomic E-state index is 11.9. The summed E-state index contributed by atoms with van der Waals surface area (Å²) in [5, 5.41) is 14.8. The lowest BCUT2D eigenvalue weighted by atomic mass is 10.2. The molecule has 8 nitrogen and oxygen atoms in total. The first-order chi connectivity index (χ1) is 11.5. The van der Waals surface area contributed by atoms with E-state index >= 15 is 0 Å². The number of nitrogen functional groups attached to an aromatic ring is 1. The highest BCUT2D eigenvalue weighted by Crippen LogP contribution is 2.27. The Bertz CT molecular complexity index is 772. The summed E-state index contributed by atoms with van der Waals surface area (Å²) in [5.41, 5.74) is 9.15. The molecule has 0 radical (unpaired) electrons. The van der Waals surface area contributed by atoms with Crippen LogP contribution in [0.3, 0.4) is 0 Å². The van der Waals surface area contributed by atoms with Gasteiger partial charge in [0.25, 0.3) is 5.91 Å². The minimum absolute atomic E-state index is 0.161. The number of carbonyl (C=O) groups is 1. The number of nitro benzene ring substituents is 1. The van der Waals surface area contributed by atoms with E-state index in [9.17, 15) is 14.9 Å². The number of nitro groups is 1. The van der Waals surface area contributed by atoms with Crippen molar-refractivity contribution in [3.8, 4) is 5.75 Å². The number of nitrogens with zero attached hydrogens (tertiary/aromatic N) is 2. The molecule has 0 bridgehead atoms. The summed E-state index contributed by atoms with van der Waals surface area (Å²) >= 11 is 0. The molecular formula is C16H16N4O4. The van der Waals surface area contributed by atoms with E-state index in [0.29, 0.717) is 23.4 Å². The van der Waals surface area contributed by atoms with E-state index in [2.05, 4.69) is 10.5 Å². The maximum absolute atomic E-state index is 11.9. The predicted octanol–water partition coefficient (Wildman–Crippen LogP) is 2.34. The second-order valence-corrected chi connectivity index (χ2v) is 4.74. The van der Waals surface area contributed by atoms with Crippen LogP contribution in [0.2, 0.25) is 0 Å². The van der Waals surface area contributed by atoms with Crippen molar-refractivity contribution in [3.63, 3.8) is 0 Å². The molecule has 0 aliphatic carbocycles. The Morgan fingerprint density at radius 2 is 2.04 bits per heavy atom. The Kier molecular flexibility index (Phi) is 5.45. The molecule has 8 heteroatoms. The van der Waals surface area contributed by atoms with Gasteiger partial charge in [-0.05, 0) is 43.3 Å². The second-order valence-electron chi connectivity index (χ2n) is 4.74. The van der Waals surface area contributed by atoms with Gasteiger partial charge in [0.2, 0.25) is 0 Å². The van der Waals surface area contributed by atoms with Gasteiger partial charge in [-0.15, -0.1) is 0 Å². The van der Waals surface area contributed by atoms with E-state index in [4.69, 9.17) is 10.5 Å². The van der Waals surface area contributed by atoms with Crippen molar-refractivity contribution in [1.82, 2.24) is 5.43 Å². The molecule has 0 aliphatic heterocycles. The number of nitrogens with one attached hydrogen (secondary N) is 1. The lowest BCUT2D eigenvalue weighted by Gasteiger charge is -2.04. The van der Waals surface area contributed by atoms with Crippen LogP contribution in [-0.2, 0) is 0 Å². The van der Waals surface area contributed by atoms with Crippen LogP contribution >= 0.6 is 0 Å². The molecule has 0 aliphatic rings. The van der Waals surface area contributed by atoms with E-state index in [0.717, 1.165) is 0 Å². The zero-order valence-corrected chi connectivity index (χ0v) is 12.9. The summed E-state index contributed by atoms with van der Waals surface area (Å²) in [4.78, 5) is 22.4. The fourth-order valence-corrected chi connectivity index (χ4v) is 1.90. The second kappa shape index (κ2) is 7.73. The van der Waals surface area contributed by atoms with Crippen molar-refractivity contribution < 1.29 is 14.5 Å². The van der Waals surface area contributed by atoms with Crippen LogP contribution in [0.25, 0.3) is 0 Å². The van der Waals surface area contributed by atoms with Crippen LogP contribution in [0, 0.1) is 10.1 Å². The Morgan fingerprint density at radius 1 is 1.33 bits per heavy atom. The van der Waals surface area contributed by atoms with Crippen LogP contribution in [0.5, 0.6) is 5.75 Å². The number of amides is 1. The summed E-state index contributed by atoms with van der Waals surface area (Å²) in [6, 6.07) is 10.8. The standard InChI is InChI=1S/C16H16N4O4/c1-2-24-15-8-3-11(9-14(15)20(22)23)10-18-19-16(21)12-4-6-13(17)7-5-12/h3-10H,2,17H2,1H3,(H,19,21)/b18-10-. The first-order valence-electron chi connectivity index (χ1n) is 7.11. The van der Waals surface area contributed by atoms with E-state index in [1.807, 2.05) is 0 Å². The molecule has 0 aromatic heterocycles. The van der Waals surface area contributed by atoms with Crippen LogP contribution in [0.1, 0.15) is 22.8 Å². The van der Waals surface area contributed by atoms with Crippen molar-refractivity contribution in [3.05, 3.63) is 63.7 Å². The highest BCUT2D eigenvalue weighted by Gasteiger charge is 2.15. The Labute approximate surface area is 138 Å². The Balaban J connectivity index is 2.08. The van der Waals surface area contributed by atoms with Gasteiger partial charge in [0.1, 0.15) is 0 Å². The maximum Gasteiger partial charge on any atom is 0.311 e. The first kappa shape index (κ1) is 16.9. The van der Waals surface area contributed by atoms with Gasteiger partial charge in [0.05, 0.1) is 17.7 Å². The molecular weight excluding hydrogens is 312 g/mol. The topological polar surface area (TPSA) is 120 Å². The number of hydrogen-bond acceptors (Lipinski definition) is 6. The van der Waals surface area contributed by atoms with Gasteiger partial charge in [-0.1, -0.05) is 0 Å². The number of ether oxygens (including phenoxy) is 1. The average molecular weight is 328 g/mol. The summed E-state index contributed by atoms with van der Waals surface area (Å²) in [6.07, 6.45) is 1.32. The highest BCUT2D eigenvalue weighted by atomic mass is 16.6. The van der Waals surface area contributed by atoms with Crippen LogP contribution in [-0.4, -0.2) is 23.7 Å². The number of hydrogen-bond donors (Lipinski definition) is 2. The molecule has 0 heterocycles. The van der Waals surface area contributed by atoms with Crippen molar-refractivity contribution >= 4 is 23.5 Å². The Hall–Kier alpha value is -3.42. The minimum atomic E-state index is -0.532. The molecule has 0 saturated heterocycles. The number of hydrazone groups is 1. The van der Waals surface area contributed by atoms with Crippen LogP contribution in [0.15, 0.2) is 47.6 Å². The van der Waals surface area contributed by atoms with E-state index < -0.39 is 10.8 Å². The van der Waals surface area contributed by atoms with Crippen molar-refractivity contribution in [2.24, 2.45) is 5.10 Å². The molecule has 2 rings (SSSR count). The van der Waals surface area contributed by atoms with E-state index in [1.165, 1.54) is 18.3 Å². The SMILES string of the molecule is CCOc1ccc(/C=N\NC(=O)c2ccc(N)cc2)cc1[N+](=O)[O-]. The van der Waals surface area contributed by atoms with Crippen LogP contribution in [0.4, 0.5) is 11.4 Å². The largest absolute Gasteiger partial charge is 0.487 e. The molecule has 0 fully saturated rings. The predicted molar refractivity (Wildman–Crippen MR) is 90.2 cm³/mol. The van der Waals surface area contributed by atoms with Gasteiger partial charge in [-0.2, -0.15) is 5.10 Å². The summed E-state index contributed by atoms with van der Waals surface area (Å²) in [7, 11) is 0. The third-order valence-corrected chi connectivity index (χ3v) is 3.03. The molecule has 124 valence electrons. The minimum Gasteiger partial charge on any atom is -0.487 e. The number of nitrogens with two attached hydrogens (primary N) is 1. The molecule has 2 aromatic rings. The first-order valence-corrected chi connectivity index (χ1v) is 7.11. The van der Waals surface area contributed by atoms with Gasteiger partial charge in [-0.3, -0.25) is 14.9 Å². The fourth-order valence-electron chi connectivity index (χ4n) is 1.90. The highest BCUT2D eigenvalue weighted by molar-refractivity contribution is 5.95. The normalized spacial score (nSPS) is 10.5. The molecule has 0 atom stereocenters. The fraction of sp³-hybridized carbons (Fsp3) is 0.125. The van der Waals surface area contributed by atoms with Crippen molar-refractivity contribution in [2.45, 2.75) is 6.92 Å². The van der Waals surface area contributed by atoms with Gasteiger partial charge in [-0.25, -0.2) is 5.43 Å². The van der Waals surface area contributed by atoms with E-state index in [1.54, 1.807) is 37.3 Å². The summed E-state index contributed by atoms with van der Waals surface area (Å²) in [6.45, 7) is 2.07. The zero-order valence-electron chi connectivity index (χ0n) is 12.9. The third-order valence-electron chi connectivity index (χ3n) is 3.03. The van der Waals surface area contributed by atoms with Crippen molar-refractivity contribution in [1.29, 1.82) is 0 Å². The van der Waals surface area contributed by atoms with Gasteiger partial charge in [0, 0.05) is 22.9 Å². The van der Waals surface area contributed by atoms with Gasteiger partial charge >= 0.3 is 5.69 Å². The third kappa shape index (κ3) is 4.29. The summed E-state index contributed by atoms with van der Waals surface area (Å²) in [5.74, 6) is -0.225. The van der Waals surface area contributed by atoms with Gasteiger partial charge < -0.3 is 10.5 Å². The van der Waals surface area contributed by atoms with E-state index in [-0.39, 0.29) is 11.4 Å². The molecule has 0 unspecified atom stereocenters. The average Bonchev–Trinajstić information content (AvgIpc) is 2.56. The zero-order chi connectivity index (χ0) is 17.5. The molecule has 3 N–H and O–H groups in total. The lowest BCUT2D eigenvalue weighted by Crippen LogP contribution is -2.17. The molecule has 0 spiro atoms. The number of anilines is 1. The Morgan fingerprint density at radius 3 is 2.67 bits per heavy atom. The quantitative estimate of drug-likeness (QED) is 0.365. The summed E-state index contributed by atoms with van der Waals surface area (Å²) < 4.78 is 5.20. The lowest BCUT2D eigenvalue weighted by molar-refractivity contribution is -0.385. The van der Waals surface area contributed by atoms with Crippen LogP contribution < -0.4 is 15.9 Å². The monoisotopic (exact) mass is 328 g/mol. The number of benzene rings is 2. The number of carbonyl (C=O) groups excluding carboxylic acids is 1. The van der Waals surface area contributed by atoms with Crippen molar-refractivity contribution in [2.75, 3.05) is 12.3 Å². The smallest absolute Gasteiger partial charge is 0.311 e. The molecule has 24 heavy (non-hydrogen) atoms. The molecule has 2 aromatic carbocycles. The number of rotatable bonds is 6. The molecule has 0 saturated carbocycles. The van der Waals surface area contributed by atoms with Gasteiger partial charge in [0.15, 0.2) is 5.75 Å². The molecule has 1 amide bonds.